The molecule has 1 heterocycles. The zero-order valence-corrected chi connectivity index (χ0v) is 17.1. The molecule has 2 rings (SSSR count). The molecule has 6 heteroatoms. The van der Waals surface area contributed by atoms with Crippen LogP contribution < -0.4 is 11.1 Å². The second-order valence-corrected chi connectivity index (χ2v) is 5.86. The van der Waals surface area contributed by atoms with E-state index in [1.54, 1.807) is 0 Å². The maximum atomic E-state index is 5.94. The van der Waals surface area contributed by atoms with Crippen molar-refractivity contribution in [3.05, 3.63) is 46.8 Å². The van der Waals surface area contributed by atoms with Crippen molar-refractivity contribution in [1.82, 2.24) is 5.16 Å². The predicted molar refractivity (Wildman–Crippen MR) is 110 cm³/mol. The van der Waals surface area contributed by atoms with Gasteiger partial charge >= 0.3 is 0 Å². The van der Waals surface area contributed by atoms with Gasteiger partial charge in [-0.2, -0.15) is 0 Å². The smallest absolute Gasteiger partial charge is 0.193 e. The highest BCUT2D eigenvalue weighted by Gasteiger charge is 2.12. The SMILES string of the molecule is CCC(CC)c1cc(CN=C(N)Nc2ccc(C)c(C)c2)on1.I. The van der Waals surface area contributed by atoms with Crippen LogP contribution in [0.3, 0.4) is 0 Å². The Morgan fingerprint density at radius 3 is 2.54 bits per heavy atom. The van der Waals surface area contributed by atoms with Gasteiger partial charge in [0.25, 0.3) is 0 Å². The van der Waals surface area contributed by atoms with E-state index < -0.39 is 0 Å². The lowest BCUT2D eigenvalue weighted by Gasteiger charge is -2.07. The Balaban J connectivity index is 0.00000288. The third kappa shape index (κ3) is 5.51. The van der Waals surface area contributed by atoms with E-state index in [-0.39, 0.29) is 24.0 Å². The number of anilines is 1. The highest BCUT2D eigenvalue weighted by atomic mass is 127. The van der Waals surface area contributed by atoms with Crippen LogP contribution in [-0.4, -0.2) is 11.1 Å². The molecule has 0 radical (unpaired) electrons. The van der Waals surface area contributed by atoms with Gasteiger partial charge < -0.3 is 15.6 Å². The van der Waals surface area contributed by atoms with Crippen LogP contribution in [0.2, 0.25) is 0 Å². The molecule has 0 atom stereocenters. The van der Waals surface area contributed by atoms with Gasteiger partial charge in [0.15, 0.2) is 11.7 Å². The summed E-state index contributed by atoms with van der Waals surface area (Å²) in [6.45, 7) is 8.86. The molecule has 1 aromatic carbocycles. The molecule has 0 aliphatic heterocycles. The second kappa shape index (κ2) is 9.66. The topological polar surface area (TPSA) is 76.4 Å². The van der Waals surface area contributed by atoms with Crippen molar-refractivity contribution >= 4 is 35.6 Å². The lowest BCUT2D eigenvalue weighted by Crippen LogP contribution is -2.22. The molecule has 0 bridgehead atoms. The highest BCUT2D eigenvalue weighted by Crippen LogP contribution is 2.22. The number of nitrogens with two attached hydrogens (primary N) is 1. The number of aryl methyl sites for hydroxylation is 2. The van der Waals surface area contributed by atoms with Crippen LogP contribution in [0.15, 0.2) is 33.8 Å². The molecule has 0 spiro atoms. The van der Waals surface area contributed by atoms with E-state index in [1.807, 2.05) is 12.1 Å². The third-order valence-corrected chi connectivity index (χ3v) is 4.17. The number of benzene rings is 1. The lowest BCUT2D eigenvalue weighted by molar-refractivity contribution is 0.372. The summed E-state index contributed by atoms with van der Waals surface area (Å²) in [4.78, 5) is 4.32. The molecule has 5 nitrogen and oxygen atoms in total. The number of aliphatic imine (C=N–C) groups is 1. The number of halogens is 1. The van der Waals surface area contributed by atoms with Gasteiger partial charge in [-0.25, -0.2) is 4.99 Å². The second-order valence-electron chi connectivity index (χ2n) is 5.86. The van der Waals surface area contributed by atoms with Gasteiger partial charge in [0.05, 0.1) is 5.69 Å². The monoisotopic (exact) mass is 442 g/mol. The van der Waals surface area contributed by atoms with Gasteiger partial charge in [0.1, 0.15) is 6.54 Å². The summed E-state index contributed by atoms with van der Waals surface area (Å²) in [6.07, 6.45) is 2.12. The molecule has 132 valence electrons. The summed E-state index contributed by atoms with van der Waals surface area (Å²) in [7, 11) is 0. The minimum atomic E-state index is 0. The van der Waals surface area contributed by atoms with Crippen molar-refractivity contribution in [3.63, 3.8) is 0 Å². The van der Waals surface area contributed by atoms with E-state index >= 15 is 0 Å². The zero-order chi connectivity index (χ0) is 16.8. The number of guanidine groups is 1. The number of hydrogen-bond acceptors (Lipinski definition) is 3. The molecule has 0 aliphatic carbocycles. The lowest BCUT2D eigenvalue weighted by atomic mass is 9.99. The number of rotatable bonds is 6. The molecule has 2 aromatic rings. The van der Waals surface area contributed by atoms with E-state index in [2.05, 4.69) is 55.3 Å². The fraction of sp³-hybridized carbons (Fsp3) is 0.444. The molecule has 0 saturated heterocycles. The van der Waals surface area contributed by atoms with Crippen molar-refractivity contribution in [2.75, 3.05) is 5.32 Å². The molecule has 3 N–H and O–H groups in total. The minimum Gasteiger partial charge on any atom is -0.370 e. The summed E-state index contributed by atoms with van der Waals surface area (Å²) < 4.78 is 5.34. The Labute approximate surface area is 161 Å². The van der Waals surface area contributed by atoms with E-state index in [1.165, 1.54) is 11.1 Å². The summed E-state index contributed by atoms with van der Waals surface area (Å²) in [6, 6.07) is 8.08. The number of nitrogens with one attached hydrogen (secondary N) is 1. The molecule has 1 aromatic heterocycles. The third-order valence-electron chi connectivity index (χ3n) is 4.17. The number of hydrogen-bond donors (Lipinski definition) is 2. The normalized spacial score (nSPS) is 11.5. The molecule has 0 unspecified atom stereocenters. The van der Waals surface area contributed by atoms with Gasteiger partial charge in [0.2, 0.25) is 0 Å². The summed E-state index contributed by atoms with van der Waals surface area (Å²) in [5, 5.41) is 7.23. The maximum Gasteiger partial charge on any atom is 0.193 e. The highest BCUT2D eigenvalue weighted by molar-refractivity contribution is 14.0. The molecule has 0 saturated carbocycles. The van der Waals surface area contributed by atoms with E-state index in [9.17, 15) is 0 Å². The van der Waals surface area contributed by atoms with Crippen LogP contribution in [0.1, 0.15) is 55.2 Å². The Morgan fingerprint density at radius 2 is 1.92 bits per heavy atom. The molecule has 0 amide bonds. The van der Waals surface area contributed by atoms with Gasteiger partial charge in [0, 0.05) is 17.7 Å². The Hall–Kier alpha value is -1.57. The van der Waals surface area contributed by atoms with Crippen molar-refractivity contribution in [1.29, 1.82) is 0 Å². The zero-order valence-electron chi connectivity index (χ0n) is 14.8. The Morgan fingerprint density at radius 1 is 1.21 bits per heavy atom. The number of nitrogens with zero attached hydrogens (tertiary/aromatic N) is 2. The minimum absolute atomic E-state index is 0. The van der Waals surface area contributed by atoms with Gasteiger partial charge in [-0.1, -0.05) is 25.1 Å². The van der Waals surface area contributed by atoms with Gasteiger partial charge in [-0.3, -0.25) is 0 Å². The summed E-state index contributed by atoms with van der Waals surface area (Å²) >= 11 is 0. The molecule has 0 aliphatic rings. The molecule has 24 heavy (non-hydrogen) atoms. The first-order valence-electron chi connectivity index (χ1n) is 8.13. The van der Waals surface area contributed by atoms with E-state index in [0.29, 0.717) is 18.4 Å². The molecule has 0 fully saturated rings. The van der Waals surface area contributed by atoms with Crippen LogP contribution in [0.5, 0.6) is 0 Å². The standard InChI is InChI=1S/C18H26N4O.HI/c1-5-14(6-2)17-10-16(23-22-17)11-20-18(19)21-15-8-7-12(3)13(4)9-15;/h7-10,14H,5-6,11H2,1-4H3,(H3,19,20,21);1H. The van der Waals surface area contributed by atoms with Crippen molar-refractivity contribution in [2.24, 2.45) is 10.7 Å². The number of aromatic nitrogens is 1. The van der Waals surface area contributed by atoms with Crippen LogP contribution >= 0.6 is 24.0 Å². The Kier molecular flexibility index (Phi) is 8.24. The largest absolute Gasteiger partial charge is 0.370 e. The average molecular weight is 442 g/mol. The summed E-state index contributed by atoms with van der Waals surface area (Å²) in [5.74, 6) is 1.55. The average Bonchev–Trinajstić information content (AvgIpc) is 2.99. The van der Waals surface area contributed by atoms with E-state index in [0.717, 1.165) is 30.0 Å². The van der Waals surface area contributed by atoms with Crippen LogP contribution in [-0.2, 0) is 6.54 Å². The predicted octanol–water partition coefficient (Wildman–Crippen LogP) is 4.74. The van der Waals surface area contributed by atoms with E-state index in [4.69, 9.17) is 10.3 Å². The Bertz CT molecular complexity index is 677. The first-order valence-corrected chi connectivity index (χ1v) is 8.13. The summed E-state index contributed by atoms with van der Waals surface area (Å²) in [5.41, 5.74) is 10.3. The first-order chi connectivity index (χ1) is 11.0. The maximum absolute atomic E-state index is 5.94. The molecular weight excluding hydrogens is 415 g/mol. The van der Waals surface area contributed by atoms with Crippen molar-refractivity contribution in [3.8, 4) is 0 Å². The van der Waals surface area contributed by atoms with Crippen LogP contribution in [0, 0.1) is 13.8 Å². The van der Waals surface area contributed by atoms with Gasteiger partial charge in [-0.15, -0.1) is 24.0 Å². The fourth-order valence-corrected chi connectivity index (χ4v) is 2.47. The fourth-order valence-electron chi connectivity index (χ4n) is 2.47. The quantitative estimate of drug-likeness (QED) is 0.385. The van der Waals surface area contributed by atoms with Gasteiger partial charge in [-0.05, 0) is 49.9 Å². The molecular formula is C18H27IN4O. The first kappa shape index (κ1) is 20.5. The van der Waals surface area contributed by atoms with Crippen molar-refractivity contribution < 1.29 is 4.52 Å². The van der Waals surface area contributed by atoms with Crippen LogP contribution in [0.25, 0.3) is 0 Å². The van der Waals surface area contributed by atoms with Crippen LogP contribution in [0.4, 0.5) is 5.69 Å². The van der Waals surface area contributed by atoms with Crippen molar-refractivity contribution in [2.45, 2.75) is 53.0 Å².